The standard InChI is InChI=1S/C52H36N2S/c1-4-12-37(13-5-1)38-20-27-44(28-21-38)53(46-31-24-41(25-32-46)52-35-34-51(55-52)40-14-6-2-7-15-40)45-29-22-39(23-30-45)42-26-33-50-48(36-42)47-18-10-11-19-49(47)54(50)43-16-8-3-9-17-43/h1-36H. The van der Waals surface area contributed by atoms with Crippen molar-refractivity contribution in [3.05, 3.63) is 218 Å². The topological polar surface area (TPSA) is 8.17 Å². The quantitative estimate of drug-likeness (QED) is 0.152. The maximum atomic E-state index is 2.37. The van der Waals surface area contributed by atoms with Crippen molar-refractivity contribution in [2.24, 2.45) is 0 Å². The number of thiophene rings is 1. The monoisotopic (exact) mass is 720 g/mol. The number of benzene rings is 8. The molecule has 0 saturated carbocycles. The van der Waals surface area contributed by atoms with E-state index in [9.17, 15) is 0 Å². The molecular weight excluding hydrogens is 685 g/mol. The molecule has 0 spiro atoms. The van der Waals surface area contributed by atoms with Crippen LogP contribution in [-0.2, 0) is 0 Å². The zero-order valence-corrected chi connectivity index (χ0v) is 30.9. The van der Waals surface area contributed by atoms with E-state index in [0.29, 0.717) is 0 Å². The lowest BCUT2D eigenvalue weighted by molar-refractivity contribution is 1.18. The number of nitrogens with zero attached hydrogens (tertiary/aromatic N) is 2. The average Bonchev–Trinajstić information content (AvgIpc) is 3.89. The molecule has 0 atom stereocenters. The molecule has 0 fully saturated rings. The van der Waals surface area contributed by atoms with Gasteiger partial charge in [-0.3, -0.25) is 0 Å². The van der Waals surface area contributed by atoms with Crippen LogP contribution in [-0.4, -0.2) is 4.57 Å². The molecule has 0 saturated heterocycles. The third-order valence-corrected chi connectivity index (χ3v) is 11.6. The van der Waals surface area contributed by atoms with E-state index in [0.717, 1.165) is 17.1 Å². The summed E-state index contributed by atoms with van der Waals surface area (Å²) < 4.78 is 2.37. The molecule has 2 nitrogen and oxygen atoms in total. The van der Waals surface area contributed by atoms with Crippen LogP contribution in [0.5, 0.6) is 0 Å². The van der Waals surface area contributed by atoms with Gasteiger partial charge in [0.25, 0.3) is 0 Å². The lowest BCUT2D eigenvalue weighted by atomic mass is 10.0. The first-order chi connectivity index (χ1) is 27.3. The van der Waals surface area contributed by atoms with Crippen LogP contribution in [0.4, 0.5) is 17.1 Å². The fourth-order valence-electron chi connectivity index (χ4n) is 7.72. The molecule has 0 aliphatic carbocycles. The second-order valence-electron chi connectivity index (χ2n) is 13.8. The highest BCUT2D eigenvalue weighted by Gasteiger charge is 2.16. The molecule has 3 heteroatoms. The van der Waals surface area contributed by atoms with Crippen molar-refractivity contribution >= 4 is 50.2 Å². The van der Waals surface area contributed by atoms with Gasteiger partial charge in [0, 0.05) is 43.3 Å². The smallest absolute Gasteiger partial charge is 0.0541 e. The molecule has 2 aromatic heterocycles. The highest BCUT2D eigenvalue weighted by molar-refractivity contribution is 7.18. The number of aromatic nitrogens is 1. The molecule has 10 rings (SSSR count). The first-order valence-corrected chi connectivity index (χ1v) is 19.5. The van der Waals surface area contributed by atoms with Gasteiger partial charge in [0.05, 0.1) is 11.0 Å². The molecule has 10 aromatic rings. The fraction of sp³-hybridized carbons (Fsp3) is 0. The molecule has 0 unspecified atom stereocenters. The molecule has 0 aliphatic heterocycles. The first-order valence-electron chi connectivity index (χ1n) is 18.7. The van der Waals surface area contributed by atoms with Gasteiger partial charge in [-0.15, -0.1) is 11.3 Å². The largest absolute Gasteiger partial charge is 0.311 e. The summed E-state index contributed by atoms with van der Waals surface area (Å²) in [5.41, 5.74) is 14.2. The van der Waals surface area contributed by atoms with Crippen molar-refractivity contribution in [3.63, 3.8) is 0 Å². The SMILES string of the molecule is c1ccc(-c2ccc(N(c3ccc(-c4ccc5c(c4)c4ccccc4n5-c4ccccc4)cc3)c3ccc(-c4ccc(-c5ccccc5)s4)cc3)cc2)cc1. The molecule has 55 heavy (non-hydrogen) atoms. The van der Waals surface area contributed by atoms with Crippen LogP contribution in [0.1, 0.15) is 0 Å². The molecule has 8 aromatic carbocycles. The van der Waals surface area contributed by atoms with Gasteiger partial charge in [-0.25, -0.2) is 0 Å². The van der Waals surface area contributed by atoms with Gasteiger partial charge in [-0.1, -0.05) is 140 Å². The number of hydrogen-bond donors (Lipinski definition) is 0. The highest BCUT2D eigenvalue weighted by Crippen LogP contribution is 2.40. The van der Waals surface area contributed by atoms with E-state index in [-0.39, 0.29) is 0 Å². The third kappa shape index (κ3) is 6.21. The van der Waals surface area contributed by atoms with E-state index < -0.39 is 0 Å². The van der Waals surface area contributed by atoms with Gasteiger partial charge in [-0.2, -0.15) is 0 Å². The Morgan fingerprint density at radius 1 is 0.309 bits per heavy atom. The second kappa shape index (κ2) is 14.1. The van der Waals surface area contributed by atoms with Crippen LogP contribution in [0.3, 0.4) is 0 Å². The summed E-state index contributed by atoms with van der Waals surface area (Å²) >= 11 is 1.83. The maximum absolute atomic E-state index is 2.37. The molecular formula is C52H36N2S. The molecule has 0 radical (unpaired) electrons. The second-order valence-corrected chi connectivity index (χ2v) is 14.9. The number of fused-ring (bicyclic) bond motifs is 3. The van der Waals surface area contributed by atoms with Crippen molar-refractivity contribution in [1.82, 2.24) is 4.57 Å². The average molecular weight is 721 g/mol. The normalized spacial score (nSPS) is 11.3. The molecule has 0 bridgehead atoms. The van der Waals surface area contributed by atoms with Gasteiger partial charge < -0.3 is 9.47 Å². The Labute approximate surface area is 325 Å². The summed E-state index contributed by atoms with van der Waals surface area (Å²) in [5, 5.41) is 2.51. The van der Waals surface area contributed by atoms with Gasteiger partial charge in [0.15, 0.2) is 0 Å². The first kappa shape index (κ1) is 32.7. The Hall–Kier alpha value is -6.94. The molecule has 260 valence electrons. The van der Waals surface area contributed by atoms with Crippen LogP contribution >= 0.6 is 11.3 Å². The van der Waals surface area contributed by atoms with Crippen LogP contribution in [0.2, 0.25) is 0 Å². The number of anilines is 3. The third-order valence-electron chi connectivity index (χ3n) is 10.5. The zero-order chi connectivity index (χ0) is 36.6. The lowest BCUT2D eigenvalue weighted by Gasteiger charge is -2.26. The minimum atomic E-state index is 1.10. The van der Waals surface area contributed by atoms with Crippen molar-refractivity contribution in [1.29, 1.82) is 0 Å². The van der Waals surface area contributed by atoms with Gasteiger partial charge in [0.1, 0.15) is 0 Å². The van der Waals surface area contributed by atoms with Gasteiger partial charge in [0.2, 0.25) is 0 Å². The van der Waals surface area contributed by atoms with Gasteiger partial charge >= 0.3 is 0 Å². The molecule has 0 aliphatic rings. The summed E-state index contributed by atoms with van der Waals surface area (Å²) in [4.78, 5) is 4.89. The van der Waals surface area contributed by atoms with Crippen LogP contribution in [0, 0.1) is 0 Å². The van der Waals surface area contributed by atoms with E-state index in [1.54, 1.807) is 0 Å². The highest BCUT2D eigenvalue weighted by atomic mass is 32.1. The number of rotatable bonds is 8. The van der Waals surface area contributed by atoms with E-state index in [1.165, 1.54) is 70.6 Å². The maximum Gasteiger partial charge on any atom is 0.0541 e. The Kier molecular flexibility index (Phi) is 8.40. The van der Waals surface area contributed by atoms with Gasteiger partial charge in [-0.05, 0) is 112 Å². The predicted molar refractivity (Wildman–Crippen MR) is 235 cm³/mol. The summed E-state index contributed by atoms with van der Waals surface area (Å²) in [5.74, 6) is 0. The molecule has 2 heterocycles. The Morgan fingerprint density at radius 2 is 0.727 bits per heavy atom. The minimum Gasteiger partial charge on any atom is -0.311 e. The zero-order valence-electron chi connectivity index (χ0n) is 30.1. The van der Waals surface area contributed by atoms with E-state index in [4.69, 9.17) is 0 Å². The van der Waals surface area contributed by atoms with Crippen molar-refractivity contribution in [2.75, 3.05) is 4.90 Å². The minimum absolute atomic E-state index is 1.10. The number of hydrogen-bond acceptors (Lipinski definition) is 2. The summed E-state index contributed by atoms with van der Waals surface area (Å²) in [6.07, 6.45) is 0. The number of para-hydroxylation sites is 2. The Balaban J connectivity index is 1.01. The van der Waals surface area contributed by atoms with E-state index in [1.807, 2.05) is 11.3 Å². The van der Waals surface area contributed by atoms with Crippen molar-refractivity contribution < 1.29 is 0 Å². The van der Waals surface area contributed by atoms with Crippen molar-refractivity contribution in [3.8, 4) is 48.8 Å². The Bertz CT molecular complexity index is 2870. The Morgan fingerprint density at radius 3 is 1.33 bits per heavy atom. The summed E-state index contributed by atoms with van der Waals surface area (Å²) in [6, 6.07) is 78.7. The van der Waals surface area contributed by atoms with Crippen molar-refractivity contribution in [2.45, 2.75) is 0 Å². The van der Waals surface area contributed by atoms with Crippen LogP contribution in [0.25, 0.3) is 70.6 Å². The molecule has 0 amide bonds. The molecule has 0 N–H and O–H groups in total. The summed E-state index contributed by atoms with van der Waals surface area (Å²) in [6.45, 7) is 0. The summed E-state index contributed by atoms with van der Waals surface area (Å²) in [7, 11) is 0. The van der Waals surface area contributed by atoms with E-state index >= 15 is 0 Å². The lowest BCUT2D eigenvalue weighted by Crippen LogP contribution is -2.09. The predicted octanol–water partition coefficient (Wildman–Crippen LogP) is 15.0. The van der Waals surface area contributed by atoms with Crippen LogP contribution < -0.4 is 4.90 Å². The van der Waals surface area contributed by atoms with Crippen LogP contribution in [0.15, 0.2) is 218 Å². The van der Waals surface area contributed by atoms with E-state index in [2.05, 4.69) is 228 Å². The fourth-order valence-corrected chi connectivity index (χ4v) is 8.73.